The molecular weight excluding hydrogens is 937 g/mol. The average Bonchev–Trinajstić information content (AvgIpc) is 3.29. The Morgan fingerprint density at radius 2 is 1.43 bits per heavy atom. The number of phenolic OH excluding ortho intramolecular Hbond substituents is 1. The normalized spacial score (nSPS) is 21.8. The topological polar surface area (TPSA) is 420 Å². The summed E-state index contributed by atoms with van der Waals surface area (Å²) in [7, 11) is 0. The number of phenols is 1. The smallest absolute Gasteiger partial charge is 0.246 e. The molecule has 390 valence electrons. The Morgan fingerprint density at radius 1 is 0.814 bits per heavy atom. The maximum Gasteiger partial charge on any atom is 0.246 e. The second-order valence-corrected chi connectivity index (χ2v) is 18.6. The lowest BCUT2D eigenvalue weighted by Crippen LogP contribution is -2.61. The fourth-order valence-electron chi connectivity index (χ4n) is 6.96. The van der Waals surface area contributed by atoms with Crippen molar-refractivity contribution in [1.82, 2.24) is 42.1 Å². The van der Waals surface area contributed by atoms with Gasteiger partial charge in [0.05, 0.1) is 25.6 Å². The first kappa shape index (κ1) is 59.6. The van der Waals surface area contributed by atoms with Gasteiger partial charge in [-0.2, -0.15) is 11.8 Å². The number of aromatic hydroxyl groups is 1. The number of rotatable bonds is 21. The second kappa shape index (κ2) is 30.2. The standard InChI is InChI=1S/C44H70N12O13S/c1-5-24(4)37-43(68)51-28(11-12-33(46)59)40(65)53-31(19-34(47)60)41(66)54-32(22-70-16-13-27(45)38(63)52-30(42(67)55-37)18-25-7-9-26(58)10-8-25)44(69)56(14-6-15-57)21-36(62)50-29(17-23(2)3)39(64)49-20-35(48)61/h7-10,23-24,27-32,37,57-58H,5-6,11-22,45H2,1-4H3,(H2,46,59)(H2,47,60)(H2,48,61)(H,49,64)(H,50,62)(H,51,68)(H,52,63)(H,53,65)(H,54,66)(H,55,67)/t24-,27-,28-,29-,30-,31-,32-,37-/m0/s1. The third kappa shape index (κ3) is 21.4. The molecule has 0 radical (unpaired) electrons. The van der Waals surface area contributed by atoms with Gasteiger partial charge in [-0.1, -0.05) is 46.2 Å². The maximum absolute atomic E-state index is 14.4. The van der Waals surface area contributed by atoms with E-state index >= 15 is 0 Å². The van der Waals surface area contributed by atoms with Crippen LogP contribution in [0.25, 0.3) is 0 Å². The Balaban J connectivity index is 2.67. The highest BCUT2D eigenvalue weighted by molar-refractivity contribution is 7.99. The van der Waals surface area contributed by atoms with Crippen molar-refractivity contribution in [2.24, 2.45) is 34.8 Å². The first-order valence-corrected chi connectivity index (χ1v) is 24.1. The summed E-state index contributed by atoms with van der Waals surface area (Å²) in [6.07, 6.45) is -1.45. The summed E-state index contributed by atoms with van der Waals surface area (Å²) in [5.74, 6) is -10.8. The van der Waals surface area contributed by atoms with Gasteiger partial charge in [0.2, 0.25) is 65.0 Å². The molecule has 1 aromatic carbocycles. The number of thioether (sulfide) groups is 1. The molecule has 25 nitrogen and oxygen atoms in total. The number of nitrogens with one attached hydrogen (secondary N) is 7. The Kier molecular flexibility index (Phi) is 25.7. The number of amides is 11. The molecule has 1 aromatic rings. The van der Waals surface area contributed by atoms with Crippen molar-refractivity contribution in [1.29, 1.82) is 0 Å². The Morgan fingerprint density at radius 3 is 2.01 bits per heavy atom. The number of nitrogens with zero attached hydrogens (tertiary/aromatic N) is 1. The zero-order chi connectivity index (χ0) is 52.7. The number of benzene rings is 1. The number of hydrogen-bond donors (Lipinski definition) is 13. The zero-order valence-electron chi connectivity index (χ0n) is 40.0. The van der Waals surface area contributed by atoms with E-state index in [0.29, 0.717) is 12.0 Å². The van der Waals surface area contributed by atoms with E-state index in [9.17, 15) is 63.0 Å². The monoisotopic (exact) mass is 1010 g/mol. The summed E-state index contributed by atoms with van der Waals surface area (Å²) >= 11 is 1.04. The predicted octanol–water partition coefficient (Wildman–Crippen LogP) is -4.65. The first-order valence-electron chi connectivity index (χ1n) is 22.9. The van der Waals surface area contributed by atoms with Crippen LogP contribution in [0.3, 0.4) is 0 Å². The van der Waals surface area contributed by atoms with Crippen LogP contribution in [0.2, 0.25) is 0 Å². The van der Waals surface area contributed by atoms with Crippen molar-refractivity contribution < 1.29 is 63.0 Å². The Labute approximate surface area is 410 Å². The molecule has 8 atom stereocenters. The van der Waals surface area contributed by atoms with Crippen LogP contribution in [-0.4, -0.2) is 160 Å². The van der Waals surface area contributed by atoms with E-state index in [1.54, 1.807) is 27.7 Å². The summed E-state index contributed by atoms with van der Waals surface area (Å²) in [5.41, 5.74) is 22.9. The molecule has 0 aromatic heterocycles. The molecule has 2 rings (SSSR count). The van der Waals surface area contributed by atoms with Gasteiger partial charge in [-0.3, -0.25) is 52.7 Å². The zero-order valence-corrected chi connectivity index (χ0v) is 40.8. The van der Waals surface area contributed by atoms with Crippen molar-refractivity contribution in [3.8, 4) is 5.75 Å². The van der Waals surface area contributed by atoms with Gasteiger partial charge in [-0.05, 0) is 61.0 Å². The van der Waals surface area contributed by atoms with Gasteiger partial charge in [0, 0.05) is 31.7 Å². The molecule has 1 aliphatic heterocycles. The number of hydrogen-bond acceptors (Lipinski definition) is 15. The van der Waals surface area contributed by atoms with Gasteiger partial charge in [-0.15, -0.1) is 0 Å². The van der Waals surface area contributed by atoms with Gasteiger partial charge in [0.15, 0.2) is 0 Å². The summed E-state index contributed by atoms with van der Waals surface area (Å²) in [6, 6.07) is -4.20. The number of carbonyl (C=O) groups excluding carboxylic acids is 11. The Hall–Kier alpha value is -6.54. The lowest BCUT2D eigenvalue weighted by Gasteiger charge is -2.30. The van der Waals surface area contributed by atoms with Gasteiger partial charge in [0.25, 0.3) is 0 Å². The van der Waals surface area contributed by atoms with E-state index in [-0.39, 0.29) is 55.4 Å². The number of primary amides is 3. The van der Waals surface area contributed by atoms with Crippen LogP contribution in [0.15, 0.2) is 24.3 Å². The van der Waals surface area contributed by atoms with Gasteiger partial charge >= 0.3 is 0 Å². The quantitative estimate of drug-likeness (QED) is 0.0551. The molecule has 0 spiro atoms. The summed E-state index contributed by atoms with van der Waals surface area (Å²) in [4.78, 5) is 147. The van der Waals surface area contributed by atoms with Gasteiger partial charge in [0.1, 0.15) is 42.0 Å². The predicted molar refractivity (Wildman–Crippen MR) is 255 cm³/mol. The highest BCUT2D eigenvalue weighted by Gasteiger charge is 2.36. The molecule has 1 fully saturated rings. The molecule has 17 N–H and O–H groups in total. The van der Waals surface area contributed by atoms with Crippen molar-refractivity contribution in [3.05, 3.63) is 29.8 Å². The van der Waals surface area contributed by atoms with Crippen LogP contribution in [0, 0.1) is 11.8 Å². The molecule has 0 aliphatic carbocycles. The Bertz CT molecular complexity index is 2010. The molecular formula is C44H70N12O13S. The third-order valence-electron chi connectivity index (χ3n) is 11.0. The molecule has 0 bridgehead atoms. The largest absolute Gasteiger partial charge is 0.508 e. The summed E-state index contributed by atoms with van der Waals surface area (Å²) in [6.45, 7) is 5.06. The van der Waals surface area contributed by atoms with E-state index in [1.807, 2.05) is 0 Å². The van der Waals surface area contributed by atoms with Crippen LogP contribution in [0.5, 0.6) is 5.75 Å². The van der Waals surface area contributed by atoms with Crippen molar-refractivity contribution >= 4 is 76.7 Å². The number of nitrogens with two attached hydrogens (primary N) is 4. The average molecular weight is 1010 g/mol. The number of aliphatic hydroxyl groups excluding tert-OH is 1. The minimum absolute atomic E-state index is 0.0461. The third-order valence-corrected chi connectivity index (χ3v) is 12.1. The summed E-state index contributed by atoms with van der Waals surface area (Å²) < 4.78 is 0. The molecule has 0 unspecified atom stereocenters. The summed E-state index contributed by atoms with van der Waals surface area (Å²) in [5, 5.41) is 37.1. The highest BCUT2D eigenvalue weighted by atomic mass is 32.2. The molecule has 1 heterocycles. The molecule has 70 heavy (non-hydrogen) atoms. The lowest BCUT2D eigenvalue weighted by atomic mass is 9.96. The van der Waals surface area contributed by atoms with E-state index in [2.05, 4.69) is 37.2 Å². The number of aliphatic hydroxyl groups is 1. The molecule has 0 saturated carbocycles. The SMILES string of the molecule is CC[C@H](C)[C@@H]1NC(=O)[C@H](Cc2ccc(O)cc2)NC(=O)[C@@H](N)CCSC[C@@H](C(=O)N(CCCO)CC(=O)N[C@@H](CC(C)C)C(=O)NCC(N)=O)NC(=O)[C@H](CC(N)=O)NC(=O)[C@H](CCC(N)=O)NC1=O. The minimum atomic E-state index is -1.79. The first-order chi connectivity index (χ1) is 32.9. The van der Waals surface area contributed by atoms with Crippen LogP contribution < -0.4 is 60.2 Å². The fraction of sp³-hybridized carbons (Fsp3) is 0.614. The van der Waals surface area contributed by atoms with Crippen LogP contribution in [0.4, 0.5) is 0 Å². The van der Waals surface area contributed by atoms with E-state index in [1.165, 1.54) is 24.3 Å². The molecule has 1 saturated heterocycles. The minimum Gasteiger partial charge on any atom is -0.508 e. The highest BCUT2D eigenvalue weighted by Crippen LogP contribution is 2.16. The van der Waals surface area contributed by atoms with Crippen molar-refractivity contribution in [2.75, 3.05) is 37.7 Å². The van der Waals surface area contributed by atoms with E-state index < -0.39 is 152 Å². The van der Waals surface area contributed by atoms with Crippen molar-refractivity contribution in [2.45, 2.75) is 121 Å². The van der Waals surface area contributed by atoms with Crippen LogP contribution in [-0.2, 0) is 59.2 Å². The van der Waals surface area contributed by atoms with Gasteiger partial charge < -0.3 is 75.3 Å². The van der Waals surface area contributed by atoms with E-state index in [0.717, 1.165) is 16.7 Å². The second-order valence-electron chi connectivity index (χ2n) is 17.4. The number of carbonyl (C=O) groups is 11. The fourth-order valence-corrected chi connectivity index (χ4v) is 8.01. The van der Waals surface area contributed by atoms with Crippen LogP contribution in [0.1, 0.15) is 78.2 Å². The molecule has 26 heteroatoms. The maximum atomic E-state index is 14.4. The van der Waals surface area contributed by atoms with Gasteiger partial charge in [-0.25, -0.2) is 0 Å². The van der Waals surface area contributed by atoms with Crippen LogP contribution >= 0.6 is 11.8 Å². The van der Waals surface area contributed by atoms with Crippen molar-refractivity contribution in [3.63, 3.8) is 0 Å². The molecule has 11 amide bonds. The van der Waals surface area contributed by atoms with E-state index in [4.69, 9.17) is 22.9 Å². The molecule has 1 aliphatic rings. The lowest BCUT2D eigenvalue weighted by molar-refractivity contribution is -0.140.